The van der Waals surface area contributed by atoms with E-state index in [1.165, 1.54) is 7.11 Å². The van der Waals surface area contributed by atoms with Gasteiger partial charge in [-0.1, -0.05) is 0 Å². The molecule has 1 aliphatic rings. The van der Waals surface area contributed by atoms with Crippen LogP contribution in [0.25, 0.3) is 0 Å². The molecule has 2 heterocycles. The SMILES string of the molecule is CCOC(=O)c1c(OC)nc2c(c1OC)CCNCC2. The standard InChI is InChI=1S/C14H20N2O4/c1-4-20-14(17)11-12(18-2)9-5-7-15-8-6-10(9)16-13(11)19-3/h15H,4-8H2,1-3H3. The van der Waals surface area contributed by atoms with Gasteiger partial charge < -0.3 is 19.5 Å². The van der Waals surface area contributed by atoms with Gasteiger partial charge in [-0.25, -0.2) is 9.78 Å². The third-order valence-electron chi connectivity index (χ3n) is 3.27. The molecular weight excluding hydrogens is 260 g/mol. The maximum Gasteiger partial charge on any atom is 0.347 e. The van der Waals surface area contributed by atoms with Gasteiger partial charge in [-0.2, -0.15) is 0 Å². The smallest absolute Gasteiger partial charge is 0.347 e. The third-order valence-corrected chi connectivity index (χ3v) is 3.27. The third kappa shape index (κ3) is 2.70. The summed E-state index contributed by atoms with van der Waals surface area (Å²) in [4.78, 5) is 16.6. The molecule has 0 unspecified atom stereocenters. The van der Waals surface area contributed by atoms with Crippen molar-refractivity contribution in [3.63, 3.8) is 0 Å². The lowest BCUT2D eigenvalue weighted by Gasteiger charge is -2.17. The number of hydrogen-bond donors (Lipinski definition) is 1. The molecule has 0 aromatic carbocycles. The Hall–Kier alpha value is -1.82. The van der Waals surface area contributed by atoms with Crippen molar-refractivity contribution in [3.8, 4) is 11.6 Å². The van der Waals surface area contributed by atoms with Crippen LogP contribution in [0.4, 0.5) is 0 Å². The number of pyridine rings is 1. The summed E-state index contributed by atoms with van der Waals surface area (Å²) in [5.74, 6) is 0.323. The second-order valence-electron chi connectivity index (χ2n) is 4.43. The minimum absolute atomic E-state index is 0.265. The highest BCUT2D eigenvalue weighted by atomic mass is 16.5. The number of ether oxygens (including phenoxy) is 3. The average molecular weight is 280 g/mol. The van der Waals surface area contributed by atoms with E-state index in [1.807, 2.05) is 0 Å². The molecule has 110 valence electrons. The van der Waals surface area contributed by atoms with Crippen LogP contribution < -0.4 is 14.8 Å². The van der Waals surface area contributed by atoms with Crippen LogP contribution in [0.15, 0.2) is 0 Å². The number of esters is 1. The molecule has 6 nitrogen and oxygen atoms in total. The largest absolute Gasteiger partial charge is 0.495 e. The van der Waals surface area contributed by atoms with Gasteiger partial charge in [0.15, 0.2) is 5.56 Å². The van der Waals surface area contributed by atoms with Crippen molar-refractivity contribution in [2.24, 2.45) is 0 Å². The number of hydrogen-bond acceptors (Lipinski definition) is 6. The van der Waals surface area contributed by atoms with E-state index < -0.39 is 5.97 Å². The summed E-state index contributed by atoms with van der Waals surface area (Å²) in [5.41, 5.74) is 2.15. The number of methoxy groups -OCH3 is 2. The van der Waals surface area contributed by atoms with Crippen molar-refractivity contribution in [2.45, 2.75) is 19.8 Å². The molecule has 1 aliphatic heterocycles. The number of aromatic nitrogens is 1. The van der Waals surface area contributed by atoms with Crippen molar-refractivity contribution in [2.75, 3.05) is 33.9 Å². The van der Waals surface area contributed by atoms with E-state index in [0.29, 0.717) is 12.4 Å². The summed E-state index contributed by atoms with van der Waals surface area (Å²) in [7, 11) is 3.04. The molecule has 0 amide bonds. The zero-order valence-electron chi connectivity index (χ0n) is 12.1. The number of nitrogens with one attached hydrogen (secondary N) is 1. The van der Waals surface area contributed by atoms with Crippen molar-refractivity contribution in [3.05, 3.63) is 16.8 Å². The van der Waals surface area contributed by atoms with Crippen LogP contribution in [0.3, 0.4) is 0 Å². The second-order valence-corrected chi connectivity index (χ2v) is 4.43. The Morgan fingerprint density at radius 2 is 2.00 bits per heavy atom. The molecule has 0 radical (unpaired) electrons. The molecule has 0 saturated carbocycles. The Morgan fingerprint density at radius 1 is 1.25 bits per heavy atom. The molecule has 0 atom stereocenters. The maximum absolute atomic E-state index is 12.1. The van der Waals surface area contributed by atoms with Gasteiger partial charge in [0, 0.05) is 18.5 Å². The van der Waals surface area contributed by atoms with Crippen LogP contribution >= 0.6 is 0 Å². The number of rotatable bonds is 4. The molecule has 0 fully saturated rings. The van der Waals surface area contributed by atoms with Gasteiger partial charge in [-0.15, -0.1) is 0 Å². The van der Waals surface area contributed by atoms with Gasteiger partial charge >= 0.3 is 5.97 Å². The first-order chi connectivity index (χ1) is 9.72. The number of carbonyl (C=O) groups excluding carboxylic acids is 1. The first kappa shape index (κ1) is 14.6. The van der Waals surface area contributed by atoms with Gasteiger partial charge in [0.25, 0.3) is 0 Å². The number of nitrogens with zero attached hydrogens (tertiary/aromatic N) is 1. The summed E-state index contributed by atoms with van der Waals surface area (Å²) in [6, 6.07) is 0. The van der Waals surface area contributed by atoms with E-state index in [0.717, 1.165) is 37.2 Å². The lowest BCUT2D eigenvalue weighted by Crippen LogP contribution is -2.16. The monoisotopic (exact) mass is 280 g/mol. The molecule has 1 aromatic rings. The van der Waals surface area contributed by atoms with Crippen molar-refractivity contribution >= 4 is 5.97 Å². The first-order valence-electron chi connectivity index (χ1n) is 6.74. The molecule has 1 aromatic heterocycles. The Labute approximate surface area is 118 Å². The van der Waals surface area contributed by atoms with Gasteiger partial charge in [-0.05, 0) is 19.9 Å². The van der Waals surface area contributed by atoms with Crippen molar-refractivity contribution < 1.29 is 19.0 Å². The number of fused-ring (bicyclic) bond motifs is 1. The maximum atomic E-state index is 12.1. The van der Waals surface area contributed by atoms with Gasteiger partial charge in [-0.3, -0.25) is 0 Å². The first-order valence-corrected chi connectivity index (χ1v) is 6.74. The zero-order valence-corrected chi connectivity index (χ0v) is 12.1. The molecule has 2 rings (SSSR count). The second kappa shape index (κ2) is 6.56. The molecule has 0 aliphatic carbocycles. The van der Waals surface area contributed by atoms with E-state index in [4.69, 9.17) is 14.2 Å². The zero-order chi connectivity index (χ0) is 14.5. The fourth-order valence-electron chi connectivity index (χ4n) is 2.39. The van der Waals surface area contributed by atoms with E-state index in [1.54, 1.807) is 14.0 Å². The van der Waals surface area contributed by atoms with Crippen LogP contribution in [-0.2, 0) is 17.6 Å². The summed E-state index contributed by atoms with van der Waals surface area (Å²) in [6.07, 6.45) is 1.55. The fourth-order valence-corrected chi connectivity index (χ4v) is 2.39. The Balaban J connectivity index is 2.59. The highest BCUT2D eigenvalue weighted by molar-refractivity contribution is 5.95. The Kier molecular flexibility index (Phi) is 4.79. The highest BCUT2D eigenvalue weighted by Crippen LogP contribution is 2.34. The topological polar surface area (TPSA) is 69.7 Å². The molecule has 0 bridgehead atoms. The van der Waals surface area contributed by atoms with Crippen molar-refractivity contribution in [1.82, 2.24) is 10.3 Å². The Morgan fingerprint density at radius 3 is 2.65 bits per heavy atom. The molecule has 0 spiro atoms. The van der Waals surface area contributed by atoms with E-state index in [9.17, 15) is 4.79 Å². The van der Waals surface area contributed by atoms with E-state index in [-0.39, 0.29) is 11.4 Å². The average Bonchev–Trinajstić information content (AvgIpc) is 2.70. The minimum atomic E-state index is -0.464. The van der Waals surface area contributed by atoms with Crippen LogP contribution in [-0.4, -0.2) is 44.9 Å². The highest BCUT2D eigenvalue weighted by Gasteiger charge is 2.27. The molecule has 20 heavy (non-hydrogen) atoms. The van der Waals surface area contributed by atoms with Crippen LogP contribution in [0.2, 0.25) is 0 Å². The lowest BCUT2D eigenvalue weighted by molar-refractivity contribution is 0.0517. The minimum Gasteiger partial charge on any atom is -0.495 e. The predicted molar refractivity (Wildman–Crippen MR) is 73.6 cm³/mol. The van der Waals surface area contributed by atoms with E-state index in [2.05, 4.69) is 10.3 Å². The molecular formula is C14H20N2O4. The van der Waals surface area contributed by atoms with Gasteiger partial charge in [0.05, 0.1) is 26.5 Å². The summed E-state index contributed by atoms with van der Waals surface area (Å²) < 4.78 is 15.8. The number of carbonyl (C=O) groups is 1. The summed E-state index contributed by atoms with van der Waals surface area (Å²) >= 11 is 0. The lowest BCUT2D eigenvalue weighted by atomic mass is 10.0. The molecule has 1 N–H and O–H groups in total. The van der Waals surface area contributed by atoms with Gasteiger partial charge in [0.2, 0.25) is 5.88 Å². The van der Waals surface area contributed by atoms with Crippen LogP contribution in [0, 0.1) is 0 Å². The van der Waals surface area contributed by atoms with Crippen molar-refractivity contribution in [1.29, 1.82) is 0 Å². The molecule has 0 saturated heterocycles. The normalized spacial score (nSPS) is 14.2. The van der Waals surface area contributed by atoms with Crippen LogP contribution in [0.1, 0.15) is 28.5 Å². The quantitative estimate of drug-likeness (QED) is 0.829. The summed E-state index contributed by atoms with van der Waals surface area (Å²) in [5, 5.41) is 3.30. The predicted octanol–water partition coefficient (Wildman–Crippen LogP) is 0.964. The van der Waals surface area contributed by atoms with E-state index >= 15 is 0 Å². The molecule has 6 heteroatoms. The fraction of sp³-hybridized carbons (Fsp3) is 0.571. The summed E-state index contributed by atoms with van der Waals surface area (Å²) in [6.45, 7) is 3.74. The Bertz CT molecular complexity index is 502. The van der Waals surface area contributed by atoms with Crippen LogP contribution in [0.5, 0.6) is 11.6 Å². The van der Waals surface area contributed by atoms with Gasteiger partial charge in [0.1, 0.15) is 5.75 Å².